The second-order valence-corrected chi connectivity index (χ2v) is 11.4. The second kappa shape index (κ2) is 11.4. The molecule has 0 bridgehead atoms. The van der Waals surface area contributed by atoms with Crippen molar-refractivity contribution in [2.75, 3.05) is 0 Å². The highest BCUT2D eigenvalue weighted by Gasteiger charge is 2.53. The lowest BCUT2D eigenvalue weighted by Crippen LogP contribution is -2.55. The number of amides is 2. The van der Waals surface area contributed by atoms with E-state index < -0.39 is 22.9 Å². The Labute approximate surface area is 243 Å². The highest BCUT2D eigenvalue weighted by molar-refractivity contribution is 6.30. The van der Waals surface area contributed by atoms with E-state index in [4.69, 9.17) is 16.3 Å². The number of rotatable bonds is 7. The summed E-state index contributed by atoms with van der Waals surface area (Å²) < 4.78 is 5.76. The van der Waals surface area contributed by atoms with E-state index in [1.165, 1.54) is 6.07 Å². The number of nitriles is 1. The number of carbonyl (C=O) groups is 2. The zero-order valence-corrected chi connectivity index (χ0v) is 24.0. The van der Waals surface area contributed by atoms with Gasteiger partial charge in [-0.3, -0.25) is 14.4 Å². The van der Waals surface area contributed by atoms with Crippen LogP contribution in [0.3, 0.4) is 0 Å². The van der Waals surface area contributed by atoms with Crippen LogP contribution in [0, 0.1) is 30.6 Å². The number of halogens is 1. The van der Waals surface area contributed by atoms with Crippen LogP contribution < -0.4 is 15.6 Å². The number of hydrogen-bond acceptors (Lipinski definition) is 6. The molecule has 2 aromatic carbocycles. The lowest BCUT2D eigenvalue weighted by molar-refractivity contribution is -0.139. The lowest BCUT2D eigenvalue weighted by atomic mass is 9.64. The summed E-state index contributed by atoms with van der Waals surface area (Å²) in [4.78, 5) is 41.1. The maximum Gasteiger partial charge on any atom is 0.307 e. The van der Waals surface area contributed by atoms with Crippen LogP contribution in [0.15, 0.2) is 53.3 Å². The summed E-state index contributed by atoms with van der Waals surface area (Å²) in [5.41, 5.74) is 1.50. The minimum atomic E-state index is -0.824. The van der Waals surface area contributed by atoms with Gasteiger partial charge in [0, 0.05) is 16.7 Å². The smallest absolute Gasteiger partial charge is 0.307 e. The van der Waals surface area contributed by atoms with Gasteiger partial charge in [-0.25, -0.2) is 5.10 Å². The molecule has 10 heteroatoms. The van der Waals surface area contributed by atoms with Crippen LogP contribution in [0.4, 0.5) is 0 Å². The Kier molecular flexibility index (Phi) is 7.87. The molecule has 2 unspecified atom stereocenters. The van der Waals surface area contributed by atoms with Crippen LogP contribution in [-0.2, 0) is 4.79 Å². The standard InChI is InChI=1S/C31H32ClN5O4/c1-18-14-22(8-10-25(18)41-26-15-19(2)35-36-29(26)39)28(38)34-20(3)30(40)37-24(21-6-4-7-23(32)16-21)9-11-27(37)31(17-33)12-5-13-31/h4,6-8,10,14-16,20,24,27H,5,9,11-13H2,1-3H3,(H,34,38)(H,36,39)/t20?,24-,27?/m0/s1. The Morgan fingerprint density at radius 3 is 2.61 bits per heavy atom. The number of aromatic nitrogens is 2. The van der Waals surface area contributed by atoms with E-state index >= 15 is 0 Å². The number of nitrogens with zero attached hydrogens (tertiary/aromatic N) is 3. The number of nitrogens with one attached hydrogen (secondary N) is 2. The third-order valence-corrected chi connectivity index (χ3v) is 8.49. The quantitative estimate of drug-likeness (QED) is 0.391. The molecule has 1 aromatic heterocycles. The summed E-state index contributed by atoms with van der Waals surface area (Å²) in [6, 6.07) is 15.1. The van der Waals surface area contributed by atoms with Gasteiger partial charge in [0.25, 0.3) is 5.91 Å². The van der Waals surface area contributed by atoms with E-state index in [2.05, 4.69) is 21.6 Å². The fourth-order valence-corrected chi connectivity index (χ4v) is 6.12. The van der Waals surface area contributed by atoms with Crippen molar-refractivity contribution in [3.8, 4) is 17.6 Å². The fourth-order valence-electron chi connectivity index (χ4n) is 5.93. The first-order chi connectivity index (χ1) is 19.6. The van der Waals surface area contributed by atoms with Crippen molar-refractivity contribution >= 4 is 23.4 Å². The summed E-state index contributed by atoms with van der Waals surface area (Å²) in [7, 11) is 0. The molecule has 0 spiro atoms. The SMILES string of the molecule is Cc1cc(Oc2ccc(C(=O)NC(C)C(=O)N3C(C4(C#N)CCC4)CC[C@H]3c3cccc(Cl)c3)cc2C)c(=O)[nH]n1. The Balaban J connectivity index is 1.34. The van der Waals surface area contributed by atoms with E-state index in [1.54, 1.807) is 45.0 Å². The molecule has 3 aromatic rings. The van der Waals surface area contributed by atoms with Gasteiger partial charge in [0.1, 0.15) is 11.8 Å². The molecular formula is C31H32ClN5O4. The normalized spacial score (nSPS) is 20.0. The van der Waals surface area contributed by atoms with Gasteiger partial charge in [-0.15, -0.1) is 0 Å². The van der Waals surface area contributed by atoms with Crippen molar-refractivity contribution in [3.05, 3.63) is 86.3 Å². The topological polar surface area (TPSA) is 128 Å². The van der Waals surface area contributed by atoms with E-state index in [9.17, 15) is 19.6 Å². The Hall–Kier alpha value is -4.16. The Morgan fingerprint density at radius 1 is 1.17 bits per heavy atom. The predicted molar refractivity (Wildman–Crippen MR) is 154 cm³/mol. The van der Waals surface area contributed by atoms with Crippen LogP contribution in [0.1, 0.15) is 72.2 Å². The zero-order chi connectivity index (χ0) is 29.3. The second-order valence-electron chi connectivity index (χ2n) is 11.0. The van der Waals surface area contributed by atoms with Gasteiger partial charge in [0.2, 0.25) is 5.91 Å². The van der Waals surface area contributed by atoms with Gasteiger partial charge in [-0.2, -0.15) is 10.4 Å². The highest BCUT2D eigenvalue weighted by atomic mass is 35.5. The van der Waals surface area contributed by atoms with Gasteiger partial charge in [-0.05, 0) is 87.9 Å². The molecule has 2 N–H and O–H groups in total. The minimum Gasteiger partial charge on any atom is -0.451 e. The van der Waals surface area contributed by atoms with Crippen LogP contribution in [-0.4, -0.2) is 39.0 Å². The molecule has 5 rings (SSSR count). The predicted octanol–water partition coefficient (Wildman–Crippen LogP) is 5.38. The van der Waals surface area contributed by atoms with Gasteiger partial charge >= 0.3 is 5.56 Å². The van der Waals surface area contributed by atoms with E-state index in [-0.39, 0.29) is 23.7 Å². The number of aromatic amines is 1. The molecule has 2 aliphatic rings. The van der Waals surface area contributed by atoms with Crippen molar-refractivity contribution in [1.82, 2.24) is 20.4 Å². The van der Waals surface area contributed by atoms with Crippen LogP contribution in [0.25, 0.3) is 0 Å². The molecule has 1 aliphatic carbocycles. The molecule has 2 heterocycles. The molecule has 212 valence electrons. The average Bonchev–Trinajstić information content (AvgIpc) is 3.36. The molecule has 1 saturated heterocycles. The molecule has 9 nitrogen and oxygen atoms in total. The number of benzene rings is 2. The van der Waals surface area contributed by atoms with Crippen molar-refractivity contribution in [1.29, 1.82) is 5.26 Å². The molecular weight excluding hydrogens is 542 g/mol. The summed E-state index contributed by atoms with van der Waals surface area (Å²) in [5.74, 6) is -0.107. The van der Waals surface area contributed by atoms with Crippen molar-refractivity contribution in [2.24, 2.45) is 5.41 Å². The van der Waals surface area contributed by atoms with Gasteiger partial charge in [-0.1, -0.05) is 30.2 Å². The third-order valence-electron chi connectivity index (χ3n) is 8.25. The first kappa shape index (κ1) is 28.4. The number of hydrogen-bond donors (Lipinski definition) is 2. The molecule has 3 atom stereocenters. The van der Waals surface area contributed by atoms with Gasteiger partial charge in [0.15, 0.2) is 5.75 Å². The summed E-state index contributed by atoms with van der Waals surface area (Å²) in [6.07, 6.45) is 3.94. The molecule has 1 saturated carbocycles. The summed E-state index contributed by atoms with van der Waals surface area (Å²) >= 11 is 6.28. The molecule has 2 amide bonds. The highest BCUT2D eigenvalue weighted by Crippen LogP contribution is 2.52. The Bertz CT molecular complexity index is 1590. The average molecular weight is 574 g/mol. The summed E-state index contributed by atoms with van der Waals surface area (Å²) in [5, 5.41) is 19.8. The van der Waals surface area contributed by atoms with Gasteiger partial charge in [0.05, 0.1) is 29.3 Å². The van der Waals surface area contributed by atoms with Crippen LogP contribution in [0.5, 0.6) is 11.5 Å². The lowest BCUT2D eigenvalue weighted by Gasteiger charge is -2.46. The number of ether oxygens (including phenoxy) is 1. The number of likely N-dealkylation sites (tertiary alicyclic amines) is 1. The fraction of sp³-hybridized carbons (Fsp3) is 0.387. The first-order valence-electron chi connectivity index (χ1n) is 13.8. The Morgan fingerprint density at radius 2 is 1.95 bits per heavy atom. The molecule has 2 fully saturated rings. The minimum absolute atomic E-state index is 0.105. The number of carbonyl (C=O) groups excluding carboxylic acids is 2. The first-order valence-corrected chi connectivity index (χ1v) is 14.1. The monoisotopic (exact) mass is 573 g/mol. The van der Waals surface area contributed by atoms with Crippen molar-refractivity contribution in [3.63, 3.8) is 0 Å². The maximum atomic E-state index is 14.0. The molecule has 41 heavy (non-hydrogen) atoms. The third kappa shape index (κ3) is 5.57. The zero-order valence-electron chi connectivity index (χ0n) is 23.2. The number of H-pyrrole nitrogens is 1. The number of aryl methyl sites for hydroxylation is 2. The van der Waals surface area contributed by atoms with Crippen molar-refractivity contribution < 1.29 is 14.3 Å². The van der Waals surface area contributed by atoms with Gasteiger partial charge < -0.3 is 15.0 Å². The van der Waals surface area contributed by atoms with Crippen molar-refractivity contribution in [2.45, 2.75) is 71.0 Å². The molecule has 0 radical (unpaired) electrons. The van der Waals surface area contributed by atoms with Crippen LogP contribution >= 0.6 is 11.6 Å². The summed E-state index contributed by atoms with van der Waals surface area (Å²) in [6.45, 7) is 5.18. The van der Waals surface area contributed by atoms with E-state index in [0.29, 0.717) is 27.6 Å². The maximum absolute atomic E-state index is 14.0. The van der Waals surface area contributed by atoms with E-state index in [0.717, 1.165) is 37.7 Å². The largest absolute Gasteiger partial charge is 0.451 e. The molecule has 1 aliphatic heterocycles. The van der Waals surface area contributed by atoms with E-state index in [1.807, 2.05) is 23.1 Å². The van der Waals surface area contributed by atoms with Crippen LogP contribution in [0.2, 0.25) is 5.02 Å².